The maximum atomic E-state index is 14.1. The van der Waals surface area contributed by atoms with Crippen molar-refractivity contribution in [2.75, 3.05) is 13.1 Å². The number of nitrogens with one attached hydrogen (secondary N) is 3. The van der Waals surface area contributed by atoms with Crippen molar-refractivity contribution in [2.24, 2.45) is 5.92 Å². The highest BCUT2D eigenvalue weighted by atomic mass is 19.1. The number of carbonyl (C=O) groups excluding carboxylic acids is 2. The third-order valence-corrected chi connectivity index (χ3v) is 7.88. The highest BCUT2D eigenvalue weighted by Crippen LogP contribution is 2.40. The summed E-state index contributed by atoms with van der Waals surface area (Å²) in [4.78, 5) is 32.0. The van der Waals surface area contributed by atoms with Gasteiger partial charge in [0.05, 0.1) is 6.04 Å². The van der Waals surface area contributed by atoms with E-state index in [0.717, 1.165) is 55.1 Å². The van der Waals surface area contributed by atoms with Gasteiger partial charge >= 0.3 is 6.09 Å². The maximum Gasteiger partial charge on any atom is 0.408 e. The van der Waals surface area contributed by atoms with Crippen LogP contribution in [0.15, 0.2) is 24.4 Å². The number of halogens is 1. The van der Waals surface area contributed by atoms with Gasteiger partial charge in [-0.05, 0) is 69.7 Å². The van der Waals surface area contributed by atoms with Gasteiger partial charge < -0.3 is 25.3 Å². The van der Waals surface area contributed by atoms with Gasteiger partial charge in [-0.3, -0.25) is 4.79 Å². The number of amides is 2. The second-order valence-electron chi connectivity index (χ2n) is 11.4. The summed E-state index contributed by atoms with van der Waals surface area (Å²) in [6, 6.07) is 4.45. The van der Waals surface area contributed by atoms with Crippen LogP contribution in [0.3, 0.4) is 0 Å². The minimum Gasteiger partial charge on any atom is -0.444 e. The van der Waals surface area contributed by atoms with Crippen LogP contribution in [0.1, 0.15) is 70.8 Å². The Bertz CT molecular complexity index is 1090. The van der Waals surface area contributed by atoms with Crippen molar-refractivity contribution >= 4 is 22.9 Å². The number of fused-ring (bicyclic) bond motifs is 2. The summed E-state index contributed by atoms with van der Waals surface area (Å²) in [6.07, 6.45) is 7.50. The van der Waals surface area contributed by atoms with Gasteiger partial charge in [-0.25, -0.2) is 9.18 Å². The van der Waals surface area contributed by atoms with Crippen molar-refractivity contribution in [3.63, 3.8) is 0 Å². The molecule has 8 heteroatoms. The van der Waals surface area contributed by atoms with E-state index in [0.29, 0.717) is 6.54 Å². The first-order valence-electron chi connectivity index (χ1n) is 13.0. The van der Waals surface area contributed by atoms with Crippen LogP contribution in [0.5, 0.6) is 0 Å². The molecule has 0 radical (unpaired) electrons. The van der Waals surface area contributed by atoms with Crippen molar-refractivity contribution in [2.45, 2.75) is 88.9 Å². The number of hydrogen-bond acceptors (Lipinski definition) is 4. The second-order valence-corrected chi connectivity index (χ2v) is 11.4. The van der Waals surface area contributed by atoms with Gasteiger partial charge in [0.15, 0.2) is 0 Å². The van der Waals surface area contributed by atoms with Crippen LogP contribution in [0, 0.1) is 11.7 Å². The van der Waals surface area contributed by atoms with E-state index in [1.54, 1.807) is 0 Å². The third-order valence-electron chi connectivity index (χ3n) is 7.88. The molecule has 3 aliphatic rings. The molecule has 2 aromatic rings. The average molecular weight is 485 g/mol. The Morgan fingerprint density at radius 2 is 1.94 bits per heavy atom. The van der Waals surface area contributed by atoms with Gasteiger partial charge in [0.25, 0.3) is 0 Å². The highest BCUT2D eigenvalue weighted by molar-refractivity contribution is 5.88. The van der Waals surface area contributed by atoms with Crippen LogP contribution in [-0.2, 0) is 9.53 Å². The summed E-state index contributed by atoms with van der Waals surface area (Å²) in [5.74, 6) is -0.0599. The van der Waals surface area contributed by atoms with Crippen molar-refractivity contribution < 1.29 is 18.7 Å². The molecule has 1 aromatic carbocycles. The highest BCUT2D eigenvalue weighted by Gasteiger charge is 2.49. The molecule has 2 saturated heterocycles. The van der Waals surface area contributed by atoms with Crippen molar-refractivity contribution in [3.05, 3.63) is 35.8 Å². The van der Waals surface area contributed by atoms with E-state index in [1.165, 1.54) is 18.6 Å². The van der Waals surface area contributed by atoms with E-state index in [4.69, 9.17) is 4.74 Å². The van der Waals surface area contributed by atoms with E-state index in [2.05, 4.69) is 15.6 Å². The molecule has 190 valence electrons. The molecule has 4 atom stereocenters. The zero-order valence-corrected chi connectivity index (χ0v) is 20.9. The summed E-state index contributed by atoms with van der Waals surface area (Å²) in [5, 5.41) is 7.57. The molecule has 1 aromatic heterocycles. The Morgan fingerprint density at radius 3 is 2.69 bits per heavy atom. The van der Waals surface area contributed by atoms with Gasteiger partial charge in [-0.1, -0.05) is 19.3 Å². The predicted octanol–water partition coefficient (Wildman–Crippen LogP) is 4.44. The Morgan fingerprint density at radius 1 is 1.17 bits per heavy atom. The molecule has 3 unspecified atom stereocenters. The zero-order valence-electron chi connectivity index (χ0n) is 20.9. The second kappa shape index (κ2) is 9.45. The number of aromatic nitrogens is 1. The lowest BCUT2D eigenvalue weighted by Gasteiger charge is -2.36. The van der Waals surface area contributed by atoms with Crippen LogP contribution in [0.25, 0.3) is 10.9 Å². The molecule has 7 nitrogen and oxygen atoms in total. The number of rotatable bonds is 4. The van der Waals surface area contributed by atoms with Crippen LogP contribution in [-0.4, -0.2) is 58.7 Å². The summed E-state index contributed by atoms with van der Waals surface area (Å²) in [5.41, 5.74) is 1.25. The van der Waals surface area contributed by atoms with E-state index in [1.807, 2.05) is 37.9 Å². The lowest BCUT2D eigenvalue weighted by Crippen LogP contribution is -2.55. The van der Waals surface area contributed by atoms with Gasteiger partial charge in [-0.15, -0.1) is 0 Å². The lowest BCUT2D eigenvalue weighted by molar-refractivity contribution is -0.136. The normalized spacial score (nSPS) is 26.1. The first-order chi connectivity index (χ1) is 16.7. The number of likely N-dealkylation sites (tertiary alicyclic amines) is 1. The first-order valence-corrected chi connectivity index (χ1v) is 13.0. The summed E-state index contributed by atoms with van der Waals surface area (Å²) < 4.78 is 19.3. The molecule has 2 amide bonds. The summed E-state index contributed by atoms with van der Waals surface area (Å²) in [6.45, 7) is 6.91. The molecule has 5 rings (SSSR count). The molecule has 0 bridgehead atoms. The summed E-state index contributed by atoms with van der Waals surface area (Å²) >= 11 is 0. The molecule has 1 saturated carbocycles. The Kier molecular flexibility index (Phi) is 6.51. The molecule has 0 spiro atoms. The number of benzene rings is 1. The molecule has 35 heavy (non-hydrogen) atoms. The smallest absolute Gasteiger partial charge is 0.408 e. The van der Waals surface area contributed by atoms with E-state index < -0.39 is 17.7 Å². The number of carbonyl (C=O) groups is 2. The largest absolute Gasteiger partial charge is 0.444 e. The molecule has 3 fully saturated rings. The van der Waals surface area contributed by atoms with Crippen LogP contribution in [0.2, 0.25) is 0 Å². The number of ether oxygens (including phenoxy) is 1. The topological polar surface area (TPSA) is 86.5 Å². The number of H-pyrrole nitrogens is 1. The first kappa shape index (κ1) is 24.1. The molecule has 3 N–H and O–H groups in total. The fraction of sp³-hybridized carbons (Fsp3) is 0.630. The number of alkyl carbamates (subject to hydrolysis) is 1. The zero-order chi connectivity index (χ0) is 24.7. The lowest BCUT2D eigenvalue weighted by atomic mass is 9.83. The average Bonchev–Trinajstić information content (AvgIpc) is 3.51. The fourth-order valence-electron chi connectivity index (χ4n) is 6.38. The Labute approximate surface area is 206 Å². The van der Waals surface area contributed by atoms with E-state index >= 15 is 0 Å². The van der Waals surface area contributed by atoms with Crippen LogP contribution in [0.4, 0.5) is 9.18 Å². The molecule has 3 heterocycles. The van der Waals surface area contributed by atoms with Gasteiger partial charge in [0.1, 0.15) is 17.5 Å². The predicted molar refractivity (Wildman–Crippen MR) is 133 cm³/mol. The number of hydrogen-bond donors (Lipinski definition) is 3. The minimum absolute atomic E-state index is 0.00178. The van der Waals surface area contributed by atoms with Crippen molar-refractivity contribution in [1.82, 2.24) is 20.5 Å². The van der Waals surface area contributed by atoms with E-state index in [9.17, 15) is 14.0 Å². The molecular formula is C27H37FN4O3. The monoisotopic (exact) mass is 484 g/mol. The van der Waals surface area contributed by atoms with Gasteiger partial charge in [0, 0.05) is 42.1 Å². The van der Waals surface area contributed by atoms with Crippen molar-refractivity contribution in [1.29, 1.82) is 0 Å². The SMILES string of the molecule is CC(C)(C)OC(=O)NC(C(=O)N1CCC2NC[C@H](c3c[nH]c4cc(F)ccc34)C21)C1CCCCC1. The maximum absolute atomic E-state index is 14.1. The van der Waals surface area contributed by atoms with Gasteiger partial charge in [0.2, 0.25) is 5.91 Å². The Hall–Kier alpha value is -2.61. The molecular weight excluding hydrogens is 447 g/mol. The van der Waals surface area contributed by atoms with Gasteiger partial charge in [-0.2, -0.15) is 0 Å². The standard InChI is InChI=1S/C27H37FN4O3/c1-27(2,3)35-26(34)31-23(16-7-5-4-6-8-16)25(33)32-12-11-21-24(32)20(15-29-21)19-14-30-22-13-17(28)9-10-18(19)22/h9-10,13-14,16,20-21,23-24,29-30H,4-8,11-12,15H2,1-3H3,(H,31,34)/t20-,21?,23?,24?/m1/s1. The minimum atomic E-state index is -0.627. The van der Waals surface area contributed by atoms with Crippen LogP contribution < -0.4 is 10.6 Å². The molecule has 1 aliphatic carbocycles. The Balaban J connectivity index is 1.41. The number of nitrogens with zero attached hydrogens (tertiary/aromatic N) is 1. The van der Waals surface area contributed by atoms with Crippen LogP contribution >= 0.6 is 0 Å². The summed E-state index contributed by atoms with van der Waals surface area (Å²) in [7, 11) is 0. The number of aromatic amines is 1. The third kappa shape index (κ3) is 4.90. The van der Waals surface area contributed by atoms with Crippen molar-refractivity contribution in [3.8, 4) is 0 Å². The fourth-order valence-corrected chi connectivity index (χ4v) is 6.38. The molecule has 2 aliphatic heterocycles. The quantitative estimate of drug-likeness (QED) is 0.599. The van der Waals surface area contributed by atoms with E-state index in [-0.39, 0.29) is 35.6 Å².